The minimum Gasteiger partial charge on any atom is -0.314 e. The van der Waals surface area contributed by atoms with Gasteiger partial charge in [0.2, 0.25) is 15.9 Å². The second-order valence-electron chi connectivity index (χ2n) is 5.97. The molecule has 0 aliphatic carbocycles. The van der Waals surface area contributed by atoms with Gasteiger partial charge in [-0.25, -0.2) is 8.42 Å². The molecule has 0 aromatic heterocycles. The number of carbonyl (C=O) groups is 1. The van der Waals surface area contributed by atoms with Crippen LogP contribution in [0.5, 0.6) is 0 Å². The number of anilines is 1. The van der Waals surface area contributed by atoms with E-state index in [0.29, 0.717) is 13.0 Å². The third-order valence-electron chi connectivity index (χ3n) is 4.01. The zero-order valence-corrected chi connectivity index (χ0v) is 15.4. The van der Waals surface area contributed by atoms with Crippen LogP contribution in [0.2, 0.25) is 0 Å². The third-order valence-corrected chi connectivity index (χ3v) is 5.26. The molecule has 0 radical (unpaired) electrons. The Morgan fingerprint density at radius 2 is 1.52 bits per heavy atom. The van der Waals surface area contributed by atoms with Gasteiger partial charge in [0.15, 0.2) is 0 Å². The first-order chi connectivity index (χ1) is 11.9. The van der Waals surface area contributed by atoms with Crippen LogP contribution in [-0.2, 0) is 21.2 Å². The molecular formula is C19H24N2O3S. The van der Waals surface area contributed by atoms with Gasteiger partial charge in [0.25, 0.3) is 0 Å². The average molecular weight is 360 g/mol. The molecule has 0 heterocycles. The number of sulfonamides is 1. The Balaban J connectivity index is 1.97. The first kappa shape index (κ1) is 19.1. The van der Waals surface area contributed by atoms with E-state index in [0.717, 1.165) is 23.9 Å². The van der Waals surface area contributed by atoms with Crippen LogP contribution in [0.1, 0.15) is 12.0 Å². The van der Waals surface area contributed by atoms with E-state index in [-0.39, 0.29) is 12.5 Å². The molecule has 0 fully saturated rings. The number of hydrogen-bond acceptors (Lipinski definition) is 3. The van der Waals surface area contributed by atoms with Crippen molar-refractivity contribution < 1.29 is 13.2 Å². The molecule has 2 aromatic carbocycles. The number of amides is 1. The first-order valence-corrected chi connectivity index (χ1v) is 10.0. The molecule has 134 valence electrons. The largest absolute Gasteiger partial charge is 0.314 e. The molecule has 25 heavy (non-hydrogen) atoms. The second-order valence-corrected chi connectivity index (χ2v) is 7.96. The Kier molecular flexibility index (Phi) is 6.73. The Bertz CT molecular complexity index is 777. The summed E-state index contributed by atoms with van der Waals surface area (Å²) in [6.07, 6.45) is 2.58. The summed E-state index contributed by atoms with van der Waals surface area (Å²) in [5.74, 6) is -0.253. The highest BCUT2D eigenvalue weighted by Gasteiger charge is 2.22. The summed E-state index contributed by atoms with van der Waals surface area (Å²) in [6.45, 7) is 0.168. The predicted molar refractivity (Wildman–Crippen MR) is 101 cm³/mol. The lowest BCUT2D eigenvalue weighted by Crippen LogP contribution is -2.41. The van der Waals surface area contributed by atoms with E-state index in [1.807, 2.05) is 60.7 Å². The van der Waals surface area contributed by atoms with Crippen LogP contribution in [-0.4, -0.2) is 45.0 Å². The number of benzene rings is 2. The number of likely N-dealkylation sites (N-methyl/N-ethyl adjacent to an activating group) is 1. The molecule has 1 amide bonds. The lowest BCUT2D eigenvalue weighted by atomic mass is 10.1. The van der Waals surface area contributed by atoms with Crippen LogP contribution in [0.4, 0.5) is 5.69 Å². The maximum atomic E-state index is 12.5. The van der Waals surface area contributed by atoms with Crippen molar-refractivity contribution in [2.24, 2.45) is 0 Å². The average Bonchev–Trinajstić information content (AvgIpc) is 2.61. The number of nitrogens with zero attached hydrogens (tertiary/aromatic N) is 2. The smallest absolute Gasteiger partial charge is 0.242 e. The van der Waals surface area contributed by atoms with Gasteiger partial charge in [-0.3, -0.25) is 4.79 Å². The van der Waals surface area contributed by atoms with Crippen LogP contribution in [0, 0.1) is 0 Å². The number of rotatable bonds is 8. The molecule has 0 saturated heterocycles. The van der Waals surface area contributed by atoms with E-state index in [4.69, 9.17) is 0 Å². The number of carbonyl (C=O) groups excluding carboxylic acids is 1. The summed E-state index contributed by atoms with van der Waals surface area (Å²) in [7, 11) is -1.79. The fourth-order valence-corrected chi connectivity index (χ4v) is 3.32. The van der Waals surface area contributed by atoms with Gasteiger partial charge in [0.05, 0.1) is 12.8 Å². The Morgan fingerprint density at radius 3 is 2.08 bits per heavy atom. The lowest BCUT2D eigenvalue weighted by Gasteiger charge is -2.23. The summed E-state index contributed by atoms with van der Waals surface area (Å²) in [6, 6.07) is 19.1. The van der Waals surface area contributed by atoms with Crippen LogP contribution < -0.4 is 4.90 Å². The quantitative estimate of drug-likeness (QED) is 0.727. The Hall–Kier alpha value is -2.18. The van der Waals surface area contributed by atoms with Gasteiger partial charge >= 0.3 is 0 Å². The molecule has 0 saturated carbocycles. The van der Waals surface area contributed by atoms with Crippen molar-refractivity contribution in [2.75, 3.05) is 31.3 Å². The van der Waals surface area contributed by atoms with Crippen molar-refractivity contribution in [3.63, 3.8) is 0 Å². The van der Waals surface area contributed by atoms with Gasteiger partial charge in [0, 0.05) is 19.3 Å². The van der Waals surface area contributed by atoms with Crippen molar-refractivity contribution >= 4 is 21.6 Å². The van der Waals surface area contributed by atoms with Crippen LogP contribution in [0.15, 0.2) is 60.7 Å². The molecule has 0 aliphatic heterocycles. The molecule has 0 unspecified atom stereocenters. The normalized spacial score (nSPS) is 11.5. The van der Waals surface area contributed by atoms with E-state index in [2.05, 4.69) is 0 Å². The molecule has 0 aliphatic rings. The third kappa shape index (κ3) is 5.99. The highest BCUT2D eigenvalue weighted by atomic mass is 32.2. The van der Waals surface area contributed by atoms with Crippen LogP contribution >= 0.6 is 0 Å². The van der Waals surface area contributed by atoms with Gasteiger partial charge < -0.3 is 4.90 Å². The zero-order chi connectivity index (χ0) is 18.3. The molecule has 5 nitrogen and oxygen atoms in total. The van der Waals surface area contributed by atoms with E-state index < -0.39 is 10.0 Å². The molecule has 0 atom stereocenters. The zero-order valence-electron chi connectivity index (χ0n) is 14.6. The summed E-state index contributed by atoms with van der Waals surface area (Å²) in [5, 5.41) is 0. The topological polar surface area (TPSA) is 57.7 Å². The van der Waals surface area contributed by atoms with E-state index in [1.54, 1.807) is 7.05 Å². The molecule has 6 heteroatoms. The second kappa shape index (κ2) is 8.78. The molecule has 0 spiro atoms. The maximum absolute atomic E-state index is 12.5. The molecule has 0 N–H and O–H groups in total. The highest BCUT2D eigenvalue weighted by Crippen LogP contribution is 2.13. The van der Waals surface area contributed by atoms with Gasteiger partial charge in [-0.1, -0.05) is 48.5 Å². The highest BCUT2D eigenvalue weighted by molar-refractivity contribution is 7.88. The number of para-hydroxylation sites is 1. The minimum absolute atomic E-state index is 0.154. The van der Waals surface area contributed by atoms with Gasteiger partial charge in [-0.2, -0.15) is 4.31 Å². The maximum Gasteiger partial charge on any atom is 0.242 e. The van der Waals surface area contributed by atoms with E-state index in [9.17, 15) is 13.2 Å². The molecule has 2 rings (SSSR count). The summed E-state index contributed by atoms with van der Waals surface area (Å²) in [4.78, 5) is 13.9. The summed E-state index contributed by atoms with van der Waals surface area (Å²) in [5.41, 5.74) is 1.90. The van der Waals surface area contributed by atoms with Crippen molar-refractivity contribution in [3.8, 4) is 0 Å². The van der Waals surface area contributed by atoms with Crippen molar-refractivity contribution in [2.45, 2.75) is 12.8 Å². The SMILES string of the molecule is CN(C(=O)CN(CCCc1ccccc1)S(C)(=O)=O)c1ccccc1. The standard InChI is InChI=1S/C19H24N2O3S/c1-20(18-13-7-4-8-14-18)19(22)16-21(25(2,23)24)15-9-12-17-10-5-3-6-11-17/h3-8,10-11,13-14H,9,12,15-16H2,1-2H3. The fraction of sp³-hybridized carbons (Fsp3) is 0.316. The summed E-state index contributed by atoms with van der Waals surface area (Å²) >= 11 is 0. The summed E-state index contributed by atoms with van der Waals surface area (Å²) < 4.78 is 25.3. The van der Waals surface area contributed by atoms with Gasteiger partial charge in [-0.15, -0.1) is 0 Å². The fourth-order valence-electron chi connectivity index (χ4n) is 2.52. The van der Waals surface area contributed by atoms with Crippen molar-refractivity contribution in [1.82, 2.24) is 4.31 Å². The minimum atomic E-state index is -3.44. The van der Waals surface area contributed by atoms with E-state index in [1.165, 1.54) is 9.21 Å². The Labute approximate surface area is 149 Å². The molecular weight excluding hydrogens is 336 g/mol. The van der Waals surface area contributed by atoms with Crippen molar-refractivity contribution in [3.05, 3.63) is 66.2 Å². The van der Waals surface area contributed by atoms with Crippen molar-refractivity contribution in [1.29, 1.82) is 0 Å². The first-order valence-electron chi connectivity index (χ1n) is 8.18. The molecule has 0 bridgehead atoms. The van der Waals surface area contributed by atoms with Gasteiger partial charge in [-0.05, 0) is 30.5 Å². The monoisotopic (exact) mass is 360 g/mol. The predicted octanol–water partition coefficient (Wildman–Crippen LogP) is 2.54. The van der Waals surface area contributed by atoms with Gasteiger partial charge in [0.1, 0.15) is 0 Å². The van der Waals surface area contributed by atoms with E-state index >= 15 is 0 Å². The molecule has 2 aromatic rings. The Morgan fingerprint density at radius 1 is 0.960 bits per heavy atom. The van der Waals surface area contributed by atoms with Crippen LogP contribution in [0.25, 0.3) is 0 Å². The number of hydrogen-bond donors (Lipinski definition) is 0. The number of aryl methyl sites for hydroxylation is 1. The van der Waals surface area contributed by atoms with Crippen LogP contribution in [0.3, 0.4) is 0 Å². The lowest BCUT2D eigenvalue weighted by molar-refractivity contribution is -0.118.